The van der Waals surface area contributed by atoms with E-state index in [1.165, 1.54) is 23.9 Å². The molecular weight excluding hydrogens is 259 g/mol. The predicted molar refractivity (Wildman–Crippen MR) is 90.0 cm³/mol. The van der Waals surface area contributed by atoms with Gasteiger partial charge in [-0.3, -0.25) is 0 Å². The topological polar surface area (TPSA) is 18.5 Å². The van der Waals surface area contributed by atoms with Gasteiger partial charge in [0.1, 0.15) is 0 Å². The molecule has 116 valence electrons. The Morgan fingerprint density at radius 2 is 1.71 bits per heavy atom. The van der Waals surface area contributed by atoms with Crippen molar-refractivity contribution in [1.29, 1.82) is 0 Å². The van der Waals surface area contributed by atoms with Crippen molar-refractivity contribution < 1.29 is 9.31 Å². The summed E-state index contributed by atoms with van der Waals surface area (Å²) in [5, 5.41) is 0. The molecular formula is C18H29BO2. The first-order chi connectivity index (χ1) is 9.93. The maximum Gasteiger partial charge on any atom is 0.495 e. The highest BCUT2D eigenvalue weighted by Gasteiger charge is 2.54. The van der Waals surface area contributed by atoms with Crippen LogP contribution in [0.4, 0.5) is 0 Å². The summed E-state index contributed by atoms with van der Waals surface area (Å²) in [6.45, 7) is 10.9. The lowest BCUT2D eigenvalue weighted by Crippen LogP contribution is -2.44. The Morgan fingerprint density at radius 1 is 1.00 bits per heavy atom. The third kappa shape index (κ3) is 3.35. The average Bonchev–Trinajstić information content (AvgIpc) is 2.68. The van der Waals surface area contributed by atoms with Gasteiger partial charge in [-0.1, -0.05) is 57.4 Å². The molecule has 3 heteroatoms. The predicted octanol–water partition coefficient (Wildman–Crippen LogP) is 4.11. The molecule has 1 aliphatic heterocycles. The third-order valence-electron chi connectivity index (χ3n) is 4.88. The Labute approximate surface area is 130 Å². The molecule has 2 rings (SSSR count). The maximum absolute atomic E-state index is 6.42. The first-order valence-corrected chi connectivity index (χ1v) is 8.37. The number of benzene rings is 1. The number of hydrogen-bond acceptors (Lipinski definition) is 2. The van der Waals surface area contributed by atoms with E-state index in [4.69, 9.17) is 9.31 Å². The fraction of sp³-hybridized carbons (Fsp3) is 0.667. The largest absolute Gasteiger partial charge is 0.495 e. The van der Waals surface area contributed by atoms with Crippen LogP contribution in [0.15, 0.2) is 24.3 Å². The van der Waals surface area contributed by atoms with Gasteiger partial charge in [-0.05, 0) is 44.6 Å². The summed E-state index contributed by atoms with van der Waals surface area (Å²) in [4.78, 5) is 0. The summed E-state index contributed by atoms with van der Waals surface area (Å²) in [6.07, 6.45) is 5.62. The Bertz CT molecular complexity index is 472. The molecule has 1 aliphatic rings. The minimum absolute atomic E-state index is 0.215. The summed E-state index contributed by atoms with van der Waals surface area (Å²) in [6, 6.07) is 8.53. The quantitative estimate of drug-likeness (QED) is 0.733. The standard InChI is InChI=1S/C18H29BO2/c1-6-8-14-18(5)17(3,4)20-19(21-18)16-13-10-9-12-15(16)11-7-2/h9-10,12-13H,6-8,11,14H2,1-5H3. The number of unbranched alkanes of at least 4 members (excludes halogenated alkanes) is 1. The summed E-state index contributed by atoms with van der Waals surface area (Å²) in [5.41, 5.74) is 2.08. The molecule has 0 aromatic heterocycles. The highest BCUT2D eigenvalue weighted by molar-refractivity contribution is 6.62. The molecule has 0 amide bonds. The molecule has 2 nitrogen and oxygen atoms in total. The maximum atomic E-state index is 6.42. The van der Waals surface area contributed by atoms with Crippen molar-refractivity contribution in [3.8, 4) is 0 Å². The molecule has 0 aliphatic carbocycles. The number of rotatable bonds is 6. The SMILES string of the molecule is CCCCC1(C)OB(c2ccccc2CCC)OC1(C)C. The van der Waals surface area contributed by atoms with Crippen molar-refractivity contribution >= 4 is 12.6 Å². The Balaban J connectivity index is 2.24. The molecule has 1 saturated heterocycles. The second-order valence-corrected chi connectivity index (χ2v) is 6.86. The summed E-state index contributed by atoms with van der Waals surface area (Å²) >= 11 is 0. The van der Waals surface area contributed by atoms with Crippen LogP contribution in [0.3, 0.4) is 0 Å². The minimum Gasteiger partial charge on any atom is -0.399 e. The van der Waals surface area contributed by atoms with Gasteiger partial charge in [0, 0.05) is 0 Å². The lowest BCUT2D eigenvalue weighted by atomic mass is 9.75. The van der Waals surface area contributed by atoms with E-state index < -0.39 is 0 Å². The molecule has 0 N–H and O–H groups in total. The molecule has 1 fully saturated rings. The van der Waals surface area contributed by atoms with Gasteiger partial charge in [-0.15, -0.1) is 0 Å². The smallest absolute Gasteiger partial charge is 0.399 e. The van der Waals surface area contributed by atoms with Crippen LogP contribution in [0.5, 0.6) is 0 Å². The highest BCUT2D eigenvalue weighted by Crippen LogP contribution is 2.40. The van der Waals surface area contributed by atoms with Gasteiger partial charge in [0.15, 0.2) is 0 Å². The van der Waals surface area contributed by atoms with Gasteiger partial charge in [-0.25, -0.2) is 0 Å². The van der Waals surface area contributed by atoms with E-state index in [1.54, 1.807) is 0 Å². The lowest BCUT2D eigenvalue weighted by molar-refractivity contribution is -0.0169. The van der Waals surface area contributed by atoms with E-state index in [-0.39, 0.29) is 18.3 Å². The molecule has 0 radical (unpaired) electrons. The molecule has 0 bridgehead atoms. The second kappa shape index (κ2) is 6.54. The van der Waals surface area contributed by atoms with E-state index in [0.717, 1.165) is 19.3 Å². The normalized spacial score (nSPS) is 24.5. The van der Waals surface area contributed by atoms with Crippen LogP contribution in [-0.2, 0) is 15.7 Å². The number of aryl methyl sites for hydroxylation is 1. The van der Waals surface area contributed by atoms with E-state index >= 15 is 0 Å². The second-order valence-electron chi connectivity index (χ2n) is 6.86. The lowest BCUT2D eigenvalue weighted by Gasteiger charge is -2.36. The van der Waals surface area contributed by atoms with Crippen LogP contribution in [0.1, 0.15) is 65.9 Å². The van der Waals surface area contributed by atoms with E-state index in [0.29, 0.717) is 0 Å². The number of hydrogen-bond donors (Lipinski definition) is 0. The van der Waals surface area contributed by atoms with Crippen LogP contribution in [0.2, 0.25) is 0 Å². The van der Waals surface area contributed by atoms with Gasteiger partial charge in [-0.2, -0.15) is 0 Å². The van der Waals surface area contributed by atoms with Crippen LogP contribution in [0.25, 0.3) is 0 Å². The summed E-state index contributed by atoms with van der Waals surface area (Å²) in [5.74, 6) is 0. The van der Waals surface area contributed by atoms with E-state index in [9.17, 15) is 0 Å². The first kappa shape index (κ1) is 16.6. The van der Waals surface area contributed by atoms with Crippen LogP contribution in [-0.4, -0.2) is 18.3 Å². The zero-order chi connectivity index (χ0) is 15.5. The first-order valence-electron chi connectivity index (χ1n) is 8.37. The van der Waals surface area contributed by atoms with Crippen molar-refractivity contribution in [2.24, 2.45) is 0 Å². The van der Waals surface area contributed by atoms with Gasteiger partial charge in [0.2, 0.25) is 0 Å². The van der Waals surface area contributed by atoms with Crippen molar-refractivity contribution in [2.45, 2.75) is 77.9 Å². The fourth-order valence-electron chi connectivity index (χ4n) is 3.06. The summed E-state index contributed by atoms with van der Waals surface area (Å²) < 4.78 is 12.7. The van der Waals surface area contributed by atoms with Crippen molar-refractivity contribution in [3.05, 3.63) is 29.8 Å². The molecule has 1 unspecified atom stereocenters. The van der Waals surface area contributed by atoms with Crippen LogP contribution in [0, 0.1) is 0 Å². The average molecular weight is 288 g/mol. The molecule has 0 spiro atoms. The van der Waals surface area contributed by atoms with Gasteiger partial charge in [0.25, 0.3) is 0 Å². The molecule has 1 aromatic rings. The molecule has 1 aromatic carbocycles. The van der Waals surface area contributed by atoms with Crippen molar-refractivity contribution in [1.82, 2.24) is 0 Å². The Morgan fingerprint density at radius 3 is 2.38 bits per heavy atom. The van der Waals surface area contributed by atoms with Crippen LogP contribution >= 0.6 is 0 Å². The van der Waals surface area contributed by atoms with Crippen LogP contribution < -0.4 is 5.46 Å². The Hall–Kier alpha value is -0.795. The monoisotopic (exact) mass is 288 g/mol. The van der Waals surface area contributed by atoms with Gasteiger partial charge < -0.3 is 9.31 Å². The van der Waals surface area contributed by atoms with E-state index in [2.05, 4.69) is 58.9 Å². The Kier molecular flexibility index (Phi) is 5.16. The van der Waals surface area contributed by atoms with Crippen molar-refractivity contribution in [3.63, 3.8) is 0 Å². The molecule has 1 heterocycles. The van der Waals surface area contributed by atoms with E-state index in [1.807, 2.05) is 0 Å². The third-order valence-corrected chi connectivity index (χ3v) is 4.88. The zero-order valence-electron chi connectivity index (χ0n) is 14.2. The zero-order valence-corrected chi connectivity index (χ0v) is 14.2. The molecule has 0 saturated carbocycles. The highest BCUT2D eigenvalue weighted by atomic mass is 16.7. The van der Waals surface area contributed by atoms with Gasteiger partial charge in [0.05, 0.1) is 11.2 Å². The molecule has 21 heavy (non-hydrogen) atoms. The minimum atomic E-state index is -0.258. The van der Waals surface area contributed by atoms with Gasteiger partial charge >= 0.3 is 7.12 Å². The van der Waals surface area contributed by atoms with Crippen molar-refractivity contribution in [2.75, 3.05) is 0 Å². The summed E-state index contributed by atoms with van der Waals surface area (Å²) in [7, 11) is -0.232. The molecule has 1 atom stereocenters. The fourth-order valence-corrected chi connectivity index (χ4v) is 3.06.